The minimum atomic E-state index is -1.54. The number of hydrogen-bond donors (Lipinski definition) is 3. The third kappa shape index (κ3) is 7.30. The van der Waals surface area contributed by atoms with Crippen LogP contribution in [0.4, 0.5) is 4.79 Å². The minimum absolute atomic E-state index is 0.227. The molecule has 0 aromatic rings. The zero-order valence-corrected chi connectivity index (χ0v) is 7.50. The average molecular weight is 177 g/mol. The Labute approximate surface area is 71.3 Å². The van der Waals surface area contributed by atoms with Crippen LogP contribution in [0.3, 0.4) is 0 Å². The van der Waals surface area contributed by atoms with Crippen LogP contribution < -0.4 is 5.32 Å². The van der Waals surface area contributed by atoms with E-state index < -0.39 is 18.0 Å². The van der Waals surface area contributed by atoms with Crippen LogP contribution in [0.2, 0.25) is 0 Å². The largest absolute Gasteiger partial charge is 0.444 e. The van der Waals surface area contributed by atoms with Crippen molar-refractivity contribution < 1.29 is 19.7 Å². The summed E-state index contributed by atoms with van der Waals surface area (Å²) in [5.74, 6) is 0. The summed E-state index contributed by atoms with van der Waals surface area (Å²) < 4.78 is 4.82. The number of alkyl carbamates (subject to hydrolysis) is 1. The standard InChI is InChI=1S/C7H15NO4/c1-7(2,3)12-6(11)8-4-5(9)10/h5,9-10H,4H2,1-3H3,(H,8,11). The Morgan fingerprint density at radius 1 is 1.50 bits per heavy atom. The Kier molecular flexibility index (Phi) is 3.99. The van der Waals surface area contributed by atoms with Gasteiger partial charge in [0.05, 0.1) is 6.54 Å². The summed E-state index contributed by atoms with van der Waals surface area (Å²) in [6.45, 7) is 4.95. The molecule has 0 aliphatic carbocycles. The number of hydrogen-bond acceptors (Lipinski definition) is 4. The lowest BCUT2D eigenvalue weighted by molar-refractivity contribution is -0.0391. The first-order chi connectivity index (χ1) is 5.31. The maximum atomic E-state index is 10.8. The Morgan fingerprint density at radius 3 is 2.33 bits per heavy atom. The monoisotopic (exact) mass is 177 g/mol. The highest BCUT2D eigenvalue weighted by Crippen LogP contribution is 2.05. The number of carbonyl (C=O) groups is 1. The van der Waals surface area contributed by atoms with E-state index in [0.717, 1.165) is 0 Å². The van der Waals surface area contributed by atoms with E-state index in [1.54, 1.807) is 20.8 Å². The molecule has 0 atom stereocenters. The lowest BCUT2D eigenvalue weighted by Crippen LogP contribution is -2.36. The number of rotatable bonds is 2. The van der Waals surface area contributed by atoms with E-state index in [1.165, 1.54) is 0 Å². The zero-order valence-electron chi connectivity index (χ0n) is 7.50. The Morgan fingerprint density at radius 2 is 2.00 bits per heavy atom. The first kappa shape index (κ1) is 11.2. The number of aliphatic hydroxyl groups is 2. The van der Waals surface area contributed by atoms with Crippen molar-refractivity contribution in [3.05, 3.63) is 0 Å². The molecular formula is C7H15NO4. The summed E-state index contributed by atoms with van der Waals surface area (Å²) in [5.41, 5.74) is -0.565. The van der Waals surface area contributed by atoms with Crippen molar-refractivity contribution in [1.82, 2.24) is 5.32 Å². The predicted octanol–water partition coefficient (Wildman–Crippen LogP) is -0.178. The summed E-state index contributed by atoms with van der Waals surface area (Å²) in [6, 6.07) is 0. The third-order valence-corrected chi connectivity index (χ3v) is 0.828. The van der Waals surface area contributed by atoms with Crippen LogP contribution in [-0.4, -0.2) is 34.7 Å². The topological polar surface area (TPSA) is 78.8 Å². The van der Waals surface area contributed by atoms with Crippen LogP contribution in [0.1, 0.15) is 20.8 Å². The second-order valence-electron chi connectivity index (χ2n) is 3.36. The van der Waals surface area contributed by atoms with Crippen LogP contribution in [0.25, 0.3) is 0 Å². The van der Waals surface area contributed by atoms with Crippen molar-refractivity contribution in [1.29, 1.82) is 0 Å². The first-order valence-electron chi connectivity index (χ1n) is 3.64. The summed E-state index contributed by atoms with van der Waals surface area (Å²) in [6.07, 6.45) is -2.20. The van der Waals surface area contributed by atoms with Gasteiger partial charge in [-0.25, -0.2) is 4.79 Å². The maximum Gasteiger partial charge on any atom is 0.407 e. The van der Waals surface area contributed by atoms with E-state index in [-0.39, 0.29) is 6.54 Å². The zero-order chi connectivity index (χ0) is 9.78. The Balaban J connectivity index is 3.61. The van der Waals surface area contributed by atoms with E-state index in [4.69, 9.17) is 14.9 Å². The Hall–Kier alpha value is -0.810. The van der Waals surface area contributed by atoms with Gasteiger partial charge in [0.25, 0.3) is 0 Å². The molecular weight excluding hydrogens is 162 g/mol. The van der Waals surface area contributed by atoms with Crippen molar-refractivity contribution in [3.8, 4) is 0 Å². The van der Waals surface area contributed by atoms with Crippen molar-refractivity contribution in [3.63, 3.8) is 0 Å². The van der Waals surface area contributed by atoms with Gasteiger partial charge in [-0.3, -0.25) is 0 Å². The molecule has 0 aromatic heterocycles. The number of carbonyl (C=O) groups excluding carboxylic acids is 1. The van der Waals surface area contributed by atoms with Crippen LogP contribution in [-0.2, 0) is 4.74 Å². The van der Waals surface area contributed by atoms with Crippen LogP contribution in [0.5, 0.6) is 0 Å². The fourth-order valence-corrected chi connectivity index (χ4v) is 0.489. The summed E-state index contributed by atoms with van der Waals surface area (Å²) in [5, 5.41) is 18.9. The van der Waals surface area contributed by atoms with Gasteiger partial charge in [-0.1, -0.05) is 0 Å². The summed E-state index contributed by atoms with van der Waals surface area (Å²) in [4.78, 5) is 10.8. The molecule has 5 nitrogen and oxygen atoms in total. The van der Waals surface area contributed by atoms with Gasteiger partial charge < -0.3 is 20.3 Å². The molecule has 0 fully saturated rings. The molecule has 72 valence electrons. The number of amides is 1. The highest BCUT2D eigenvalue weighted by molar-refractivity contribution is 5.67. The second kappa shape index (κ2) is 4.27. The minimum Gasteiger partial charge on any atom is -0.444 e. The molecule has 5 heteroatoms. The maximum absolute atomic E-state index is 10.8. The van der Waals surface area contributed by atoms with Crippen LogP contribution in [0.15, 0.2) is 0 Å². The van der Waals surface area contributed by atoms with E-state index in [2.05, 4.69) is 5.32 Å². The molecule has 0 aromatic carbocycles. The predicted molar refractivity (Wildman–Crippen MR) is 42.5 cm³/mol. The molecule has 0 heterocycles. The lowest BCUT2D eigenvalue weighted by Gasteiger charge is -2.19. The number of ether oxygens (including phenoxy) is 1. The van der Waals surface area contributed by atoms with Crippen LogP contribution >= 0.6 is 0 Å². The first-order valence-corrected chi connectivity index (χ1v) is 3.64. The molecule has 0 saturated heterocycles. The van der Waals surface area contributed by atoms with Gasteiger partial charge in [0.2, 0.25) is 0 Å². The molecule has 3 N–H and O–H groups in total. The van der Waals surface area contributed by atoms with E-state index in [0.29, 0.717) is 0 Å². The second-order valence-corrected chi connectivity index (χ2v) is 3.36. The van der Waals surface area contributed by atoms with Crippen molar-refractivity contribution in [2.24, 2.45) is 0 Å². The molecule has 0 saturated carbocycles. The SMILES string of the molecule is CC(C)(C)OC(=O)NCC(O)O. The van der Waals surface area contributed by atoms with Gasteiger partial charge in [0, 0.05) is 0 Å². The third-order valence-electron chi connectivity index (χ3n) is 0.828. The van der Waals surface area contributed by atoms with E-state index >= 15 is 0 Å². The summed E-state index contributed by atoms with van der Waals surface area (Å²) in [7, 11) is 0. The molecule has 0 unspecified atom stereocenters. The molecule has 0 bridgehead atoms. The fourth-order valence-electron chi connectivity index (χ4n) is 0.489. The van der Waals surface area contributed by atoms with E-state index in [9.17, 15) is 4.79 Å². The molecule has 0 radical (unpaired) electrons. The molecule has 0 aliphatic heterocycles. The summed E-state index contributed by atoms with van der Waals surface area (Å²) >= 11 is 0. The van der Waals surface area contributed by atoms with Crippen molar-refractivity contribution in [2.45, 2.75) is 32.7 Å². The molecule has 0 spiro atoms. The smallest absolute Gasteiger partial charge is 0.407 e. The quantitative estimate of drug-likeness (QED) is 0.511. The van der Waals surface area contributed by atoms with Gasteiger partial charge in [0.1, 0.15) is 5.60 Å². The normalized spacial score (nSPS) is 11.5. The van der Waals surface area contributed by atoms with Gasteiger partial charge in [0.15, 0.2) is 6.29 Å². The Bertz CT molecular complexity index is 150. The van der Waals surface area contributed by atoms with Gasteiger partial charge in [-0.15, -0.1) is 0 Å². The number of nitrogens with one attached hydrogen (secondary N) is 1. The number of aliphatic hydroxyl groups excluding tert-OH is 1. The molecule has 0 aliphatic rings. The lowest BCUT2D eigenvalue weighted by atomic mass is 10.2. The van der Waals surface area contributed by atoms with Crippen molar-refractivity contribution >= 4 is 6.09 Å². The van der Waals surface area contributed by atoms with Crippen molar-refractivity contribution in [2.75, 3.05) is 6.54 Å². The van der Waals surface area contributed by atoms with Crippen LogP contribution in [0, 0.1) is 0 Å². The van der Waals surface area contributed by atoms with Gasteiger partial charge in [-0.2, -0.15) is 0 Å². The average Bonchev–Trinajstić information content (AvgIpc) is 1.79. The van der Waals surface area contributed by atoms with Gasteiger partial charge in [-0.05, 0) is 20.8 Å². The molecule has 1 amide bonds. The van der Waals surface area contributed by atoms with Gasteiger partial charge >= 0.3 is 6.09 Å². The highest BCUT2D eigenvalue weighted by atomic mass is 16.6. The van der Waals surface area contributed by atoms with E-state index in [1.807, 2.05) is 0 Å². The molecule has 12 heavy (non-hydrogen) atoms. The highest BCUT2D eigenvalue weighted by Gasteiger charge is 2.15. The fraction of sp³-hybridized carbons (Fsp3) is 0.857. The molecule has 0 rings (SSSR count).